The van der Waals surface area contributed by atoms with Crippen LogP contribution in [0.5, 0.6) is 0 Å². The summed E-state index contributed by atoms with van der Waals surface area (Å²) in [5, 5.41) is 0.983. The highest BCUT2D eigenvalue weighted by atomic mass is 32.1. The lowest BCUT2D eigenvalue weighted by molar-refractivity contribution is -0.168. The number of ether oxygens (including phenoxy) is 1. The minimum Gasteiger partial charge on any atom is -0.452 e. The van der Waals surface area contributed by atoms with Crippen molar-refractivity contribution in [1.29, 1.82) is 0 Å². The number of hydrogen-bond acceptors (Lipinski definition) is 5. The molecule has 0 spiro atoms. The van der Waals surface area contributed by atoms with E-state index in [2.05, 4.69) is 6.07 Å². The van der Waals surface area contributed by atoms with Gasteiger partial charge in [0.15, 0.2) is 6.10 Å². The number of carbonyl (C=O) groups is 2. The molecule has 1 amide bonds. The molecule has 4 rings (SSSR count). The SMILES string of the molecule is CC(OC(=O)C1(Cc2nc3ccccc3s2)CCCC1)C(=O)N1CCCCCC1. The average molecular weight is 415 g/mol. The Kier molecular flexibility index (Phi) is 6.18. The van der Waals surface area contributed by atoms with Gasteiger partial charge in [-0.15, -0.1) is 11.3 Å². The smallest absolute Gasteiger partial charge is 0.313 e. The fraction of sp³-hybridized carbons (Fsp3) is 0.609. The van der Waals surface area contributed by atoms with E-state index < -0.39 is 11.5 Å². The van der Waals surface area contributed by atoms with Gasteiger partial charge in [0.1, 0.15) is 0 Å². The minimum atomic E-state index is -0.714. The average Bonchev–Trinajstić information content (AvgIpc) is 3.26. The molecule has 1 aliphatic carbocycles. The van der Waals surface area contributed by atoms with E-state index in [9.17, 15) is 9.59 Å². The van der Waals surface area contributed by atoms with Gasteiger partial charge in [-0.25, -0.2) is 4.98 Å². The maximum absolute atomic E-state index is 13.2. The number of hydrogen-bond donors (Lipinski definition) is 0. The highest BCUT2D eigenvalue weighted by molar-refractivity contribution is 7.18. The van der Waals surface area contributed by atoms with Gasteiger partial charge in [-0.05, 0) is 44.7 Å². The van der Waals surface area contributed by atoms with Crippen molar-refractivity contribution >= 4 is 33.4 Å². The van der Waals surface area contributed by atoms with Crippen LogP contribution >= 0.6 is 11.3 Å². The second-order valence-corrected chi connectivity index (χ2v) is 9.64. The number of carbonyl (C=O) groups excluding carboxylic acids is 2. The van der Waals surface area contributed by atoms with Crippen LogP contribution in [0.2, 0.25) is 0 Å². The third kappa shape index (κ3) is 4.47. The number of benzene rings is 1. The monoisotopic (exact) mass is 414 g/mol. The lowest BCUT2D eigenvalue weighted by atomic mass is 9.83. The molecule has 0 radical (unpaired) electrons. The number of fused-ring (bicyclic) bond motifs is 1. The van der Waals surface area contributed by atoms with Crippen molar-refractivity contribution < 1.29 is 14.3 Å². The molecule has 1 saturated carbocycles. The standard InChI is InChI=1S/C23H30N2O3S/c1-17(21(26)25-14-8-2-3-9-15-25)28-22(27)23(12-6-7-13-23)16-20-24-18-10-4-5-11-19(18)29-20/h4-5,10-11,17H,2-3,6-9,12-16H2,1H3. The molecular formula is C23H30N2O3S. The molecule has 0 N–H and O–H groups in total. The first-order valence-corrected chi connectivity index (χ1v) is 11.7. The van der Waals surface area contributed by atoms with Crippen molar-refractivity contribution in [3.63, 3.8) is 0 Å². The number of amides is 1. The summed E-state index contributed by atoms with van der Waals surface area (Å²) in [6.45, 7) is 3.28. The number of thiazole rings is 1. The van der Waals surface area contributed by atoms with Gasteiger partial charge in [0.05, 0.1) is 20.6 Å². The third-order valence-electron chi connectivity index (χ3n) is 6.37. The molecule has 0 bridgehead atoms. The summed E-state index contributed by atoms with van der Waals surface area (Å²) in [5.74, 6) is -0.265. The molecular weight excluding hydrogens is 384 g/mol. The summed E-state index contributed by atoms with van der Waals surface area (Å²) in [6.07, 6.45) is 7.97. The van der Waals surface area contributed by atoms with Crippen LogP contribution in [0.3, 0.4) is 0 Å². The van der Waals surface area contributed by atoms with E-state index in [1.165, 1.54) is 12.8 Å². The Hall–Kier alpha value is -1.95. The maximum atomic E-state index is 13.2. The minimum absolute atomic E-state index is 0.0478. The van der Waals surface area contributed by atoms with Crippen LogP contribution in [0.1, 0.15) is 63.3 Å². The molecule has 6 heteroatoms. The lowest BCUT2D eigenvalue weighted by Gasteiger charge is -2.29. The van der Waals surface area contributed by atoms with Gasteiger partial charge in [0.25, 0.3) is 5.91 Å². The number of aromatic nitrogens is 1. The normalized spacial score (nSPS) is 20.4. The van der Waals surface area contributed by atoms with Gasteiger partial charge in [0, 0.05) is 19.5 Å². The molecule has 1 saturated heterocycles. The van der Waals surface area contributed by atoms with Gasteiger partial charge in [-0.3, -0.25) is 9.59 Å². The van der Waals surface area contributed by atoms with Crippen molar-refractivity contribution in [3.05, 3.63) is 29.3 Å². The van der Waals surface area contributed by atoms with E-state index in [1.54, 1.807) is 18.3 Å². The quantitative estimate of drug-likeness (QED) is 0.664. The third-order valence-corrected chi connectivity index (χ3v) is 7.41. The van der Waals surface area contributed by atoms with E-state index in [-0.39, 0.29) is 11.9 Å². The summed E-state index contributed by atoms with van der Waals surface area (Å²) < 4.78 is 6.93. The van der Waals surface area contributed by atoms with Crippen LogP contribution in [-0.4, -0.2) is 41.0 Å². The molecule has 5 nitrogen and oxygen atoms in total. The molecule has 2 aromatic rings. The van der Waals surface area contributed by atoms with E-state index in [1.807, 2.05) is 23.1 Å². The Balaban J connectivity index is 1.45. The first kappa shape index (κ1) is 20.3. The van der Waals surface area contributed by atoms with Gasteiger partial charge in [-0.1, -0.05) is 37.8 Å². The van der Waals surface area contributed by atoms with Crippen LogP contribution in [0.15, 0.2) is 24.3 Å². The Morgan fingerprint density at radius 2 is 1.79 bits per heavy atom. The number of nitrogens with zero attached hydrogens (tertiary/aromatic N) is 2. The predicted molar refractivity (Wildman–Crippen MR) is 115 cm³/mol. The first-order chi connectivity index (χ1) is 14.1. The summed E-state index contributed by atoms with van der Waals surface area (Å²) in [4.78, 5) is 32.7. The molecule has 29 heavy (non-hydrogen) atoms. The topological polar surface area (TPSA) is 59.5 Å². The van der Waals surface area contributed by atoms with Gasteiger partial charge in [0.2, 0.25) is 0 Å². The molecule has 2 fully saturated rings. The maximum Gasteiger partial charge on any atom is 0.313 e. The van der Waals surface area contributed by atoms with Crippen molar-refractivity contribution in [2.45, 2.75) is 70.8 Å². The Morgan fingerprint density at radius 3 is 2.48 bits per heavy atom. The zero-order valence-electron chi connectivity index (χ0n) is 17.2. The van der Waals surface area contributed by atoms with Crippen LogP contribution in [0, 0.1) is 5.41 Å². The summed E-state index contributed by atoms with van der Waals surface area (Å²) in [7, 11) is 0. The van der Waals surface area contributed by atoms with Gasteiger partial charge in [-0.2, -0.15) is 0 Å². The molecule has 2 aliphatic rings. The number of rotatable bonds is 5. The number of likely N-dealkylation sites (tertiary alicyclic amines) is 1. The molecule has 156 valence electrons. The largest absolute Gasteiger partial charge is 0.452 e. The van der Waals surface area contributed by atoms with Crippen LogP contribution in [0.4, 0.5) is 0 Å². The summed E-state index contributed by atoms with van der Waals surface area (Å²) in [5.41, 5.74) is 0.444. The highest BCUT2D eigenvalue weighted by Crippen LogP contribution is 2.43. The summed E-state index contributed by atoms with van der Waals surface area (Å²) in [6, 6.07) is 8.08. The zero-order chi connectivity index (χ0) is 20.3. The van der Waals surface area contributed by atoms with Crippen molar-refractivity contribution in [1.82, 2.24) is 9.88 Å². The van der Waals surface area contributed by atoms with Crippen LogP contribution in [0.25, 0.3) is 10.2 Å². The molecule has 1 aliphatic heterocycles. The molecule has 1 atom stereocenters. The van der Waals surface area contributed by atoms with E-state index >= 15 is 0 Å². The predicted octanol–water partition coefficient (Wildman–Crippen LogP) is 4.73. The fourth-order valence-electron chi connectivity index (χ4n) is 4.67. The van der Waals surface area contributed by atoms with Crippen LogP contribution < -0.4 is 0 Å². The fourth-order valence-corrected chi connectivity index (χ4v) is 5.79. The molecule has 2 heterocycles. The highest BCUT2D eigenvalue weighted by Gasteiger charge is 2.44. The van der Waals surface area contributed by atoms with E-state index in [0.29, 0.717) is 6.42 Å². The number of para-hydroxylation sites is 1. The zero-order valence-corrected chi connectivity index (χ0v) is 18.0. The second-order valence-electron chi connectivity index (χ2n) is 8.53. The van der Waals surface area contributed by atoms with Crippen molar-refractivity contribution in [3.8, 4) is 0 Å². The van der Waals surface area contributed by atoms with E-state index in [4.69, 9.17) is 9.72 Å². The van der Waals surface area contributed by atoms with E-state index in [0.717, 1.165) is 66.8 Å². The van der Waals surface area contributed by atoms with Crippen LogP contribution in [-0.2, 0) is 20.7 Å². The first-order valence-electron chi connectivity index (χ1n) is 10.9. The van der Waals surface area contributed by atoms with Gasteiger partial charge >= 0.3 is 5.97 Å². The Bertz CT molecular complexity index is 831. The van der Waals surface area contributed by atoms with Gasteiger partial charge < -0.3 is 9.64 Å². The Labute approximate surface area is 176 Å². The summed E-state index contributed by atoms with van der Waals surface area (Å²) >= 11 is 1.66. The molecule has 1 unspecified atom stereocenters. The number of esters is 1. The molecule has 1 aromatic heterocycles. The van der Waals surface area contributed by atoms with Crippen molar-refractivity contribution in [2.75, 3.05) is 13.1 Å². The second kappa shape index (κ2) is 8.82. The Morgan fingerprint density at radius 1 is 1.10 bits per heavy atom. The lowest BCUT2D eigenvalue weighted by Crippen LogP contribution is -2.43. The van der Waals surface area contributed by atoms with Crippen molar-refractivity contribution in [2.24, 2.45) is 5.41 Å². The molecule has 1 aromatic carbocycles.